The highest BCUT2D eigenvalue weighted by Gasteiger charge is 2.16. The van der Waals surface area contributed by atoms with Crippen molar-refractivity contribution in [3.63, 3.8) is 0 Å². The molecule has 18 heavy (non-hydrogen) atoms. The number of nitrogens with zero attached hydrogens (tertiary/aromatic N) is 1. The minimum atomic E-state index is 0.788. The van der Waals surface area contributed by atoms with E-state index in [1.54, 1.807) is 6.08 Å². The first-order valence-corrected chi connectivity index (χ1v) is 5.91. The largest absolute Gasteiger partial charge is 0.380 e. The molecule has 2 aromatic carbocycles. The van der Waals surface area contributed by atoms with Gasteiger partial charge in [-0.1, -0.05) is 42.5 Å². The van der Waals surface area contributed by atoms with E-state index in [-0.39, 0.29) is 0 Å². The van der Waals surface area contributed by atoms with E-state index in [2.05, 4.69) is 23.5 Å². The topological polar surface area (TPSA) is 35.8 Å². The van der Waals surface area contributed by atoms with Gasteiger partial charge in [0, 0.05) is 29.4 Å². The minimum absolute atomic E-state index is 0.788. The average Bonchev–Trinajstić information content (AvgIpc) is 2.58. The second-order valence-corrected chi connectivity index (χ2v) is 4.24. The van der Waals surface area contributed by atoms with Crippen molar-refractivity contribution in [1.82, 2.24) is 0 Å². The van der Waals surface area contributed by atoms with Gasteiger partial charge in [-0.25, -0.2) is 0 Å². The van der Waals surface area contributed by atoms with Crippen LogP contribution in [0.4, 0.5) is 5.69 Å². The van der Waals surface area contributed by atoms with E-state index in [4.69, 9.17) is 5.26 Å². The molecule has 0 aliphatic carbocycles. The van der Waals surface area contributed by atoms with Crippen LogP contribution in [0.1, 0.15) is 16.7 Å². The summed E-state index contributed by atoms with van der Waals surface area (Å²) in [5.41, 5.74) is 5.51. The predicted molar refractivity (Wildman–Crippen MR) is 72.9 cm³/mol. The summed E-state index contributed by atoms with van der Waals surface area (Å²) in [6, 6.07) is 18.5. The van der Waals surface area contributed by atoms with Gasteiger partial charge in [-0.05, 0) is 17.2 Å². The molecule has 0 unspecified atom stereocenters. The highest BCUT2D eigenvalue weighted by atomic mass is 14.9. The third-order valence-electron chi connectivity index (χ3n) is 3.20. The number of fused-ring (bicyclic) bond motifs is 2. The summed E-state index contributed by atoms with van der Waals surface area (Å²) in [5, 5.41) is 12.4. The van der Waals surface area contributed by atoms with Gasteiger partial charge < -0.3 is 5.32 Å². The number of anilines is 1. The van der Waals surface area contributed by atoms with Crippen molar-refractivity contribution in [3.05, 3.63) is 71.3 Å². The van der Waals surface area contributed by atoms with E-state index in [9.17, 15) is 0 Å². The summed E-state index contributed by atoms with van der Waals surface area (Å²) in [4.78, 5) is 0. The Morgan fingerprint density at radius 1 is 1.00 bits per heavy atom. The van der Waals surface area contributed by atoms with Crippen molar-refractivity contribution in [2.45, 2.75) is 6.54 Å². The second kappa shape index (κ2) is 4.38. The van der Waals surface area contributed by atoms with Gasteiger partial charge in [0.25, 0.3) is 0 Å². The quantitative estimate of drug-likeness (QED) is 0.705. The molecule has 0 radical (unpaired) electrons. The zero-order valence-electron chi connectivity index (χ0n) is 9.85. The smallest absolute Gasteiger partial charge is 0.0918 e. The van der Waals surface area contributed by atoms with Crippen molar-refractivity contribution in [3.8, 4) is 6.07 Å². The molecule has 0 spiro atoms. The monoisotopic (exact) mass is 232 g/mol. The van der Waals surface area contributed by atoms with E-state index in [0.717, 1.165) is 28.9 Å². The molecule has 2 heteroatoms. The van der Waals surface area contributed by atoms with Crippen molar-refractivity contribution >= 4 is 11.3 Å². The third kappa shape index (κ3) is 1.66. The van der Waals surface area contributed by atoms with Crippen LogP contribution in [-0.4, -0.2) is 0 Å². The molecule has 0 aromatic heterocycles. The fourth-order valence-electron chi connectivity index (χ4n) is 2.36. The predicted octanol–water partition coefficient (Wildman–Crippen LogP) is 3.57. The zero-order chi connectivity index (χ0) is 12.4. The Bertz CT molecular complexity index is 613. The molecule has 1 aliphatic rings. The van der Waals surface area contributed by atoms with Gasteiger partial charge in [-0.2, -0.15) is 5.26 Å². The Labute approximate surface area is 106 Å². The lowest BCUT2D eigenvalue weighted by Gasteiger charge is -2.09. The van der Waals surface area contributed by atoms with Crippen LogP contribution in [0.25, 0.3) is 5.57 Å². The molecule has 2 nitrogen and oxygen atoms in total. The highest BCUT2D eigenvalue weighted by Crippen LogP contribution is 2.34. The Morgan fingerprint density at radius 3 is 2.56 bits per heavy atom. The number of nitriles is 1. The average molecular weight is 232 g/mol. The summed E-state index contributed by atoms with van der Waals surface area (Å²) in [6.45, 7) is 0.788. The van der Waals surface area contributed by atoms with Crippen LogP contribution in [0.5, 0.6) is 0 Å². The van der Waals surface area contributed by atoms with Crippen LogP contribution in [0.15, 0.2) is 54.6 Å². The maximum Gasteiger partial charge on any atom is 0.0918 e. The highest BCUT2D eigenvalue weighted by molar-refractivity contribution is 5.89. The van der Waals surface area contributed by atoms with Crippen molar-refractivity contribution in [2.75, 3.05) is 5.32 Å². The summed E-state index contributed by atoms with van der Waals surface area (Å²) >= 11 is 0. The molecule has 1 aliphatic heterocycles. The molecule has 0 bridgehead atoms. The molecule has 0 atom stereocenters. The van der Waals surface area contributed by atoms with Crippen molar-refractivity contribution in [1.29, 1.82) is 5.26 Å². The first-order chi connectivity index (χ1) is 8.90. The molecule has 0 fully saturated rings. The van der Waals surface area contributed by atoms with Crippen molar-refractivity contribution in [2.24, 2.45) is 0 Å². The van der Waals surface area contributed by atoms with Crippen LogP contribution in [-0.2, 0) is 6.54 Å². The molecule has 1 heterocycles. The van der Waals surface area contributed by atoms with Gasteiger partial charge in [0.1, 0.15) is 0 Å². The summed E-state index contributed by atoms with van der Waals surface area (Å²) in [6.07, 6.45) is 1.63. The number of hydrogen-bond donors (Lipinski definition) is 1. The number of rotatable bonds is 0. The van der Waals surface area contributed by atoms with E-state index in [1.165, 1.54) is 5.56 Å². The van der Waals surface area contributed by atoms with E-state index < -0.39 is 0 Å². The molecule has 2 aromatic rings. The van der Waals surface area contributed by atoms with Gasteiger partial charge in [0.2, 0.25) is 0 Å². The SMILES string of the molecule is N#CC=C1c2ccccc2CNc2ccccc21. The number of para-hydroxylation sites is 1. The standard InChI is InChI=1S/C16H12N2/c17-10-9-14-13-6-2-1-5-12(13)11-18-16-8-4-3-7-15(14)16/h1-9,18H,11H2. The zero-order valence-corrected chi connectivity index (χ0v) is 9.85. The Hall–Kier alpha value is -2.53. The molecular formula is C16H12N2. The minimum Gasteiger partial charge on any atom is -0.380 e. The van der Waals surface area contributed by atoms with Crippen LogP contribution in [0, 0.1) is 11.3 Å². The fraction of sp³-hybridized carbons (Fsp3) is 0.0625. The van der Waals surface area contributed by atoms with Crippen molar-refractivity contribution < 1.29 is 0 Å². The first kappa shape index (κ1) is 10.6. The Balaban J connectivity index is 2.29. The summed E-state index contributed by atoms with van der Waals surface area (Å²) in [7, 11) is 0. The maximum absolute atomic E-state index is 9.01. The van der Waals surface area contributed by atoms with Crippen LogP contribution in [0.2, 0.25) is 0 Å². The third-order valence-corrected chi connectivity index (χ3v) is 3.20. The first-order valence-electron chi connectivity index (χ1n) is 5.91. The van der Waals surface area contributed by atoms with E-state index >= 15 is 0 Å². The van der Waals surface area contributed by atoms with Crippen LogP contribution in [0.3, 0.4) is 0 Å². The molecule has 86 valence electrons. The molecule has 3 rings (SSSR count). The fourth-order valence-corrected chi connectivity index (χ4v) is 2.36. The Kier molecular flexibility index (Phi) is 2.59. The number of benzene rings is 2. The Morgan fingerprint density at radius 2 is 1.72 bits per heavy atom. The lowest BCUT2D eigenvalue weighted by Crippen LogP contribution is -1.98. The van der Waals surface area contributed by atoms with Gasteiger partial charge in [0.15, 0.2) is 0 Å². The normalized spacial score (nSPS) is 14.9. The second-order valence-electron chi connectivity index (χ2n) is 4.24. The number of nitrogens with one attached hydrogen (secondary N) is 1. The molecule has 1 N–H and O–H groups in total. The summed E-state index contributed by atoms with van der Waals surface area (Å²) in [5.74, 6) is 0. The molecule has 0 saturated heterocycles. The molecular weight excluding hydrogens is 220 g/mol. The summed E-state index contributed by atoms with van der Waals surface area (Å²) < 4.78 is 0. The lowest BCUT2D eigenvalue weighted by atomic mass is 9.94. The van der Waals surface area contributed by atoms with Gasteiger partial charge in [0.05, 0.1) is 6.07 Å². The van der Waals surface area contributed by atoms with Crippen LogP contribution < -0.4 is 5.32 Å². The maximum atomic E-state index is 9.01. The lowest BCUT2D eigenvalue weighted by molar-refractivity contribution is 1.15. The van der Waals surface area contributed by atoms with Gasteiger partial charge in [-0.3, -0.25) is 0 Å². The van der Waals surface area contributed by atoms with Gasteiger partial charge >= 0.3 is 0 Å². The number of allylic oxidation sites excluding steroid dienone is 1. The van der Waals surface area contributed by atoms with Crippen LogP contribution >= 0.6 is 0 Å². The van der Waals surface area contributed by atoms with E-state index in [0.29, 0.717) is 0 Å². The number of hydrogen-bond acceptors (Lipinski definition) is 2. The molecule has 0 saturated carbocycles. The molecule has 0 amide bonds. The van der Waals surface area contributed by atoms with Gasteiger partial charge in [-0.15, -0.1) is 0 Å². The van der Waals surface area contributed by atoms with E-state index in [1.807, 2.05) is 36.4 Å².